The van der Waals surface area contributed by atoms with Crippen molar-refractivity contribution >= 4 is 5.69 Å². The molecule has 0 saturated heterocycles. The van der Waals surface area contributed by atoms with Gasteiger partial charge in [0, 0.05) is 5.69 Å². The van der Waals surface area contributed by atoms with Crippen molar-refractivity contribution < 1.29 is 13.5 Å². The molecule has 0 atom stereocenters. The van der Waals surface area contributed by atoms with Crippen molar-refractivity contribution in [3.05, 3.63) is 59.7 Å². The smallest absolute Gasteiger partial charge is 0.191 e. The summed E-state index contributed by atoms with van der Waals surface area (Å²) < 4.78 is 31.6. The monoisotopic (exact) mass is 235 g/mol. The molecule has 2 aromatic carbocycles. The molecule has 0 aliphatic carbocycles. The third kappa shape index (κ3) is 2.72. The number of ether oxygens (including phenoxy) is 1. The first-order valence-corrected chi connectivity index (χ1v) is 5.08. The third-order valence-electron chi connectivity index (χ3n) is 2.28. The lowest BCUT2D eigenvalue weighted by molar-refractivity contribution is 0.274. The van der Waals surface area contributed by atoms with E-state index in [0.29, 0.717) is 5.69 Å². The Hall–Kier alpha value is -2.10. The molecule has 0 aliphatic heterocycles. The van der Waals surface area contributed by atoms with Gasteiger partial charge < -0.3 is 10.5 Å². The number of anilines is 1. The molecule has 0 aliphatic rings. The summed E-state index contributed by atoms with van der Waals surface area (Å²) in [7, 11) is 0. The quantitative estimate of drug-likeness (QED) is 0.829. The van der Waals surface area contributed by atoms with Crippen LogP contribution in [0.2, 0.25) is 0 Å². The van der Waals surface area contributed by atoms with Crippen LogP contribution in [0.25, 0.3) is 0 Å². The fourth-order valence-electron chi connectivity index (χ4n) is 1.39. The van der Waals surface area contributed by atoms with Crippen molar-refractivity contribution in [2.45, 2.75) is 6.61 Å². The second-order valence-electron chi connectivity index (χ2n) is 3.58. The van der Waals surface area contributed by atoms with Crippen LogP contribution in [0.4, 0.5) is 14.5 Å². The lowest BCUT2D eigenvalue weighted by Gasteiger charge is -2.08. The molecular formula is C13H11F2NO. The van der Waals surface area contributed by atoms with Crippen LogP contribution >= 0.6 is 0 Å². The SMILES string of the molecule is Nc1ccc(COc2c(F)cccc2F)cc1. The van der Waals surface area contributed by atoms with Crippen LogP contribution in [0.1, 0.15) is 5.56 Å². The number of nitrogen functional groups attached to an aromatic ring is 1. The Morgan fingerprint density at radius 1 is 0.941 bits per heavy atom. The van der Waals surface area contributed by atoms with E-state index in [4.69, 9.17) is 10.5 Å². The van der Waals surface area contributed by atoms with Crippen molar-refractivity contribution in [2.24, 2.45) is 0 Å². The molecule has 2 nitrogen and oxygen atoms in total. The summed E-state index contributed by atoms with van der Waals surface area (Å²) in [4.78, 5) is 0. The molecule has 0 heterocycles. The Morgan fingerprint density at radius 2 is 1.53 bits per heavy atom. The van der Waals surface area contributed by atoms with Gasteiger partial charge in [0.15, 0.2) is 17.4 Å². The summed E-state index contributed by atoms with van der Waals surface area (Å²) in [6.45, 7) is 0.0954. The summed E-state index contributed by atoms with van der Waals surface area (Å²) in [6.07, 6.45) is 0. The van der Waals surface area contributed by atoms with Gasteiger partial charge in [0.05, 0.1) is 0 Å². The molecule has 0 fully saturated rings. The highest BCUT2D eigenvalue weighted by molar-refractivity contribution is 5.39. The number of halogens is 2. The molecule has 0 saturated carbocycles. The van der Waals surface area contributed by atoms with E-state index in [-0.39, 0.29) is 12.4 Å². The molecule has 2 rings (SSSR count). The van der Waals surface area contributed by atoms with E-state index < -0.39 is 11.6 Å². The molecule has 88 valence electrons. The largest absolute Gasteiger partial charge is 0.483 e. The minimum atomic E-state index is -0.708. The zero-order chi connectivity index (χ0) is 12.3. The molecule has 2 N–H and O–H groups in total. The molecule has 0 amide bonds. The maximum absolute atomic E-state index is 13.2. The summed E-state index contributed by atoms with van der Waals surface area (Å²) in [5.74, 6) is -1.77. The zero-order valence-electron chi connectivity index (χ0n) is 8.99. The van der Waals surface area contributed by atoms with Crippen molar-refractivity contribution in [3.8, 4) is 5.75 Å². The van der Waals surface area contributed by atoms with Crippen LogP contribution in [0.15, 0.2) is 42.5 Å². The molecule has 2 aromatic rings. The number of benzene rings is 2. The molecule has 0 unspecified atom stereocenters. The Labute approximate surface area is 97.6 Å². The summed E-state index contributed by atoms with van der Waals surface area (Å²) in [5, 5.41) is 0. The maximum atomic E-state index is 13.2. The van der Waals surface area contributed by atoms with Crippen molar-refractivity contribution in [2.75, 3.05) is 5.73 Å². The fraction of sp³-hybridized carbons (Fsp3) is 0.0769. The van der Waals surface area contributed by atoms with E-state index in [1.54, 1.807) is 24.3 Å². The highest BCUT2D eigenvalue weighted by atomic mass is 19.1. The van der Waals surface area contributed by atoms with Gasteiger partial charge in [0.1, 0.15) is 6.61 Å². The number of para-hydroxylation sites is 1. The lowest BCUT2D eigenvalue weighted by atomic mass is 10.2. The Morgan fingerprint density at radius 3 is 2.12 bits per heavy atom. The van der Waals surface area contributed by atoms with Crippen LogP contribution < -0.4 is 10.5 Å². The standard InChI is InChI=1S/C13H11F2NO/c14-11-2-1-3-12(15)13(11)17-8-9-4-6-10(16)7-5-9/h1-7H,8,16H2. The topological polar surface area (TPSA) is 35.2 Å². The molecular weight excluding hydrogens is 224 g/mol. The Bertz CT molecular complexity index is 491. The average Bonchev–Trinajstić information content (AvgIpc) is 2.31. The van der Waals surface area contributed by atoms with Crippen molar-refractivity contribution in [1.29, 1.82) is 0 Å². The first kappa shape index (κ1) is 11.4. The van der Waals surface area contributed by atoms with Crippen LogP contribution in [0.3, 0.4) is 0 Å². The number of hydrogen-bond acceptors (Lipinski definition) is 2. The van der Waals surface area contributed by atoms with E-state index in [2.05, 4.69) is 0 Å². The summed E-state index contributed by atoms with van der Waals surface area (Å²) in [5.41, 5.74) is 6.95. The Kier molecular flexibility index (Phi) is 3.23. The van der Waals surface area contributed by atoms with Gasteiger partial charge in [-0.15, -0.1) is 0 Å². The van der Waals surface area contributed by atoms with Gasteiger partial charge >= 0.3 is 0 Å². The number of nitrogens with two attached hydrogens (primary N) is 1. The molecule has 4 heteroatoms. The van der Waals surface area contributed by atoms with Gasteiger partial charge in [-0.05, 0) is 29.8 Å². The van der Waals surface area contributed by atoms with E-state index >= 15 is 0 Å². The van der Waals surface area contributed by atoms with E-state index in [1.807, 2.05) is 0 Å². The average molecular weight is 235 g/mol. The maximum Gasteiger partial charge on any atom is 0.191 e. The molecule has 17 heavy (non-hydrogen) atoms. The number of rotatable bonds is 3. The third-order valence-corrected chi connectivity index (χ3v) is 2.28. The number of hydrogen-bond donors (Lipinski definition) is 1. The normalized spacial score (nSPS) is 10.2. The van der Waals surface area contributed by atoms with Crippen molar-refractivity contribution in [3.63, 3.8) is 0 Å². The predicted octanol–water partition coefficient (Wildman–Crippen LogP) is 3.13. The lowest BCUT2D eigenvalue weighted by Crippen LogP contribution is -1.99. The zero-order valence-corrected chi connectivity index (χ0v) is 8.99. The molecule has 0 radical (unpaired) electrons. The van der Waals surface area contributed by atoms with Gasteiger partial charge in [-0.1, -0.05) is 18.2 Å². The minimum Gasteiger partial charge on any atom is -0.483 e. The van der Waals surface area contributed by atoms with E-state index in [1.165, 1.54) is 6.07 Å². The summed E-state index contributed by atoms with van der Waals surface area (Å²) in [6, 6.07) is 10.5. The minimum absolute atomic E-state index is 0.0954. The highest BCUT2D eigenvalue weighted by Crippen LogP contribution is 2.22. The van der Waals surface area contributed by atoms with Crippen LogP contribution in [0.5, 0.6) is 5.75 Å². The van der Waals surface area contributed by atoms with Gasteiger partial charge in [-0.2, -0.15) is 0 Å². The summed E-state index contributed by atoms with van der Waals surface area (Å²) >= 11 is 0. The first-order valence-electron chi connectivity index (χ1n) is 5.08. The second kappa shape index (κ2) is 4.82. The Balaban J connectivity index is 2.10. The molecule has 0 bridgehead atoms. The van der Waals surface area contributed by atoms with Gasteiger partial charge in [-0.25, -0.2) is 8.78 Å². The van der Waals surface area contributed by atoms with Gasteiger partial charge in [-0.3, -0.25) is 0 Å². The second-order valence-corrected chi connectivity index (χ2v) is 3.58. The predicted molar refractivity (Wildman–Crippen MR) is 61.5 cm³/mol. The van der Waals surface area contributed by atoms with Gasteiger partial charge in [0.25, 0.3) is 0 Å². The first-order chi connectivity index (χ1) is 8.16. The van der Waals surface area contributed by atoms with Crippen molar-refractivity contribution in [1.82, 2.24) is 0 Å². The van der Waals surface area contributed by atoms with Gasteiger partial charge in [0.2, 0.25) is 0 Å². The van der Waals surface area contributed by atoms with Crippen LogP contribution in [-0.4, -0.2) is 0 Å². The van der Waals surface area contributed by atoms with Crippen LogP contribution in [-0.2, 0) is 6.61 Å². The molecule has 0 spiro atoms. The molecule has 0 aromatic heterocycles. The van der Waals surface area contributed by atoms with E-state index in [9.17, 15) is 8.78 Å². The van der Waals surface area contributed by atoms with E-state index in [0.717, 1.165) is 17.7 Å². The highest BCUT2D eigenvalue weighted by Gasteiger charge is 2.09. The fourth-order valence-corrected chi connectivity index (χ4v) is 1.39. The van der Waals surface area contributed by atoms with Crippen LogP contribution in [0, 0.1) is 11.6 Å².